The minimum atomic E-state index is -0.810. The van der Waals surface area contributed by atoms with Crippen LogP contribution in [-0.2, 0) is 16.1 Å². The van der Waals surface area contributed by atoms with Crippen LogP contribution < -0.4 is 10.6 Å². The molecule has 3 aromatic rings. The van der Waals surface area contributed by atoms with Gasteiger partial charge in [0.2, 0.25) is 11.9 Å². The smallest absolute Gasteiger partial charge is 0.255 e. The van der Waals surface area contributed by atoms with E-state index in [1.807, 2.05) is 43.3 Å². The number of hydrogen-bond donors (Lipinski definition) is 3. The zero-order valence-electron chi connectivity index (χ0n) is 22.9. The number of halogens is 1. The molecule has 0 aliphatic carbocycles. The quantitative estimate of drug-likeness (QED) is 0.374. The topological polar surface area (TPSA) is 117 Å². The Hall–Kier alpha value is -3.53. The van der Waals surface area contributed by atoms with Gasteiger partial charge in [-0.05, 0) is 50.8 Å². The lowest BCUT2D eigenvalue weighted by Crippen LogP contribution is -2.47. The minimum Gasteiger partial charge on any atom is -0.391 e. The van der Waals surface area contributed by atoms with Crippen LogP contribution in [0.3, 0.4) is 0 Å². The molecule has 2 aliphatic heterocycles. The summed E-state index contributed by atoms with van der Waals surface area (Å²) < 4.78 is 5.42. The van der Waals surface area contributed by atoms with E-state index in [1.54, 1.807) is 31.0 Å². The lowest BCUT2D eigenvalue weighted by atomic mass is 10.00. The van der Waals surface area contributed by atoms with Crippen molar-refractivity contribution in [2.45, 2.75) is 64.4 Å². The summed E-state index contributed by atoms with van der Waals surface area (Å²) in [6.45, 7) is 7.00. The summed E-state index contributed by atoms with van der Waals surface area (Å²) in [5.41, 5.74) is 4.40. The molecule has 0 bridgehead atoms. The number of carbonyl (C=O) groups is 2. The van der Waals surface area contributed by atoms with E-state index in [-0.39, 0.29) is 17.9 Å². The third-order valence-electron chi connectivity index (χ3n) is 7.54. The number of rotatable bonds is 8. The van der Waals surface area contributed by atoms with Gasteiger partial charge >= 0.3 is 0 Å². The van der Waals surface area contributed by atoms with Crippen LogP contribution in [-0.4, -0.2) is 63.2 Å². The third kappa shape index (κ3) is 5.96. The maximum atomic E-state index is 13.5. The molecule has 1 saturated heterocycles. The molecule has 0 spiro atoms. The van der Waals surface area contributed by atoms with Crippen molar-refractivity contribution in [3.05, 3.63) is 75.9 Å². The van der Waals surface area contributed by atoms with Gasteiger partial charge in [0, 0.05) is 36.9 Å². The highest BCUT2D eigenvalue weighted by atomic mass is 35.5. The molecule has 3 N–H and O–H groups in total. The van der Waals surface area contributed by atoms with Crippen molar-refractivity contribution in [3.63, 3.8) is 0 Å². The van der Waals surface area contributed by atoms with Crippen molar-refractivity contribution in [2.75, 3.05) is 18.5 Å². The maximum absolute atomic E-state index is 13.5. The first-order valence-electron chi connectivity index (χ1n) is 13.6. The van der Waals surface area contributed by atoms with Crippen molar-refractivity contribution in [3.8, 4) is 11.3 Å². The molecule has 0 saturated carbocycles. The van der Waals surface area contributed by atoms with Crippen molar-refractivity contribution in [2.24, 2.45) is 0 Å². The van der Waals surface area contributed by atoms with Gasteiger partial charge in [-0.1, -0.05) is 53.6 Å². The number of ether oxygens (including phenoxy) is 1. The minimum absolute atomic E-state index is 0.227. The molecule has 40 heavy (non-hydrogen) atoms. The first kappa shape index (κ1) is 28.0. The zero-order valence-corrected chi connectivity index (χ0v) is 23.6. The van der Waals surface area contributed by atoms with Gasteiger partial charge in [-0.25, -0.2) is 9.97 Å². The Bertz CT molecular complexity index is 1410. The first-order chi connectivity index (χ1) is 19.2. The van der Waals surface area contributed by atoms with Gasteiger partial charge in [0.25, 0.3) is 5.91 Å². The van der Waals surface area contributed by atoms with E-state index in [1.165, 1.54) is 0 Å². The molecule has 210 valence electrons. The van der Waals surface area contributed by atoms with Crippen molar-refractivity contribution in [1.29, 1.82) is 0 Å². The van der Waals surface area contributed by atoms with Crippen molar-refractivity contribution < 1.29 is 19.4 Å². The molecule has 1 fully saturated rings. The number of aryl methyl sites for hydroxylation is 1. The number of nitrogens with one attached hydrogen (secondary N) is 2. The highest BCUT2D eigenvalue weighted by molar-refractivity contribution is 6.33. The predicted octanol–water partition coefficient (Wildman–Crippen LogP) is 4.28. The Morgan fingerprint density at radius 3 is 2.67 bits per heavy atom. The van der Waals surface area contributed by atoms with E-state index in [2.05, 4.69) is 20.6 Å². The van der Waals surface area contributed by atoms with Gasteiger partial charge in [-0.15, -0.1) is 0 Å². The Balaban J connectivity index is 1.32. The summed E-state index contributed by atoms with van der Waals surface area (Å²) in [7, 11) is 0. The van der Waals surface area contributed by atoms with Crippen LogP contribution in [0.4, 0.5) is 5.95 Å². The Morgan fingerprint density at radius 2 is 1.95 bits per heavy atom. The van der Waals surface area contributed by atoms with Crippen LogP contribution in [0.15, 0.2) is 48.7 Å². The van der Waals surface area contributed by atoms with Gasteiger partial charge in [-0.2, -0.15) is 0 Å². The largest absolute Gasteiger partial charge is 0.391 e. The highest BCUT2D eigenvalue weighted by Gasteiger charge is 2.35. The number of nitrogens with zero attached hydrogens (tertiary/aromatic N) is 3. The molecule has 1 aromatic heterocycles. The molecule has 5 rings (SSSR count). The molecule has 2 amide bonds. The Kier molecular flexibility index (Phi) is 8.35. The number of hydrogen-bond acceptors (Lipinski definition) is 7. The standard InChI is InChI=1S/C30H34ClN5O4/c1-17-5-4-6-20(13-17)26(19(3)37)34-28(38)18(2)36-16-22-8-7-21(14-24(22)29(36)39)27-25(31)15-32-30(35-27)33-23-9-11-40-12-10-23/h4-8,13-15,18-19,23,26,37H,9-12,16H2,1-3H3,(H,34,38)(H,32,33,35)/t18-,19+,26-/m1/s1. The van der Waals surface area contributed by atoms with E-state index in [0.717, 1.165) is 29.5 Å². The van der Waals surface area contributed by atoms with Crippen LogP contribution >= 0.6 is 11.6 Å². The SMILES string of the molecule is Cc1cccc([C@H](NC(=O)[C@@H](C)N2Cc3ccc(-c4nc(NC5CCOCC5)ncc4Cl)cc3C2=O)[C@H](C)O)c1. The van der Waals surface area contributed by atoms with Gasteiger partial charge in [0.1, 0.15) is 6.04 Å². The summed E-state index contributed by atoms with van der Waals surface area (Å²) in [5, 5.41) is 17.1. The third-order valence-corrected chi connectivity index (χ3v) is 7.82. The maximum Gasteiger partial charge on any atom is 0.255 e. The molecular weight excluding hydrogens is 530 g/mol. The Morgan fingerprint density at radius 1 is 1.18 bits per heavy atom. The lowest BCUT2D eigenvalue weighted by molar-refractivity contribution is -0.126. The van der Waals surface area contributed by atoms with Gasteiger partial charge in [0.05, 0.1) is 29.1 Å². The number of amides is 2. The second-order valence-electron chi connectivity index (χ2n) is 10.5. The molecule has 3 heterocycles. The molecule has 0 radical (unpaired) electrons. The van der Waals surface area contributed by atoms with Gasteiger partial charge in [-0.3, -0.25) is 9.59 Å². The Labute approximate surface area is 238 Å². The normalized spacial score (nSPS) is 17.7. The van der Waals surface area contributed by atoms with Crippen LogP contribution in [0.2, 0.25) is 5.02 Å². The van der Waals surface area contributed by atoms with E-state index in [9.17, 15) is 14.7 Å². The van der Waals surface area contributed by atoms with Crippen LogP contribution in [0.1, 0.15) is 59.8 Å². The van der Waals surface area contributed by atoms with Crippen molar-refractivity contribution >= 4 is 29.4 Å². The highest BCUT2D eigenvalue weighted by Crippen LogP contribution is 2.32. The fraction of sp³-hybridized carbons (Fsp3) is 0.400. The molecule has 2 aliphatic rings. The lowest BCUT2D eigenvalue weighted by Gasteiger charge is -2.28. The molecule has 3 atom stereocenters. The fourth-order valence-corrected chi connectivity index (χ4v) is 5.41. The number of aliphatic hydroxyl groups is 1. The predicted molar refractivity (Wildman–Crippen MR) is 153 cm³/mol. The van der Waals surface area contributed by atoms with Crippen LogP contribution in [0.25, 0.3) is 11.3 Å². The number of carbonyl (C=O) groups excluding carboxylic acids is 2. The van der Waals surface area contributed by atoms with Crippen molar-refractivity contribution in [1.82, 2.24) is 20.2 Å². The average molecular weight is 564 g/mol. The molecule has 10 heteroatoms. The molecular formula is C30H34ClN5O4. The number of fused-ring (bicyclic) bond motifs is 1. The van der Waals surface area contributed by atoms with Crippen LogP contribution in [0, 0.1) is 6.92 Å². The zero-order chi connectivity index (χ0) is 28.4. The summed E-state index contributed by atoms with van der Waals surface area (Å²) in [6, 6.07) is 12.1. The number of benzene rings is 2. The summed E-state index contributed by atoms with van der Waals surface area (Å²) in [4.78, 5) is 37.3. The van der Waals surface area contributed by atoms with E-state index in [0.29, 0.717) is 47.6 Å². The summed E-state index contributed by atoms with van der Waals surface area (Å²) in [6.07, 6.45) is 2.50. The second-order valence-corrected chi connectivity index (χ2v) is 11.0. The first-order valence-corrected chi connectivity index (χ1v) is 13.9. The van der Waals surface area contributed by atoms with Gasteiger partial charge in [0.15, 0.2) is 0 Å². The van der Waals surface area contributed by atoms with Crippen LogP contribution in [0.5, 0.6) is 0 Å². The molecule has 0 unspecified atom stereocenters. The second kappa shape index (κ2) is 11.9. The number of anilines is 1. The van der Waals surface area contributed by atoms with E-state index in [4.69, 9.17) is 16.3 Å². The number of aliphatic hydroxyl groups excluding tert-OH is 1. The van der Waals surface area contributed by atoms with Gasteiger partial charge < -0.3 is 25.4 Å². The average Bonchev–Trinajstić information content (AvgIpc) is 3.28. The summed E-state index contributed by atoms with van der Waals surface area (Å²) in [5.74, 6) is -0.0998. The molecule has 9 nitrogen and oxygen atoms in total. The number of aromatic nitrogens is 2. The van der Waals surface area contributed by atoms with E-state index < -0.39 is 18.2 Å². The summed E-state index contributed by atoms with van der Waals surface area (Å²) >= 11 is 6.47. The van der Waals surface area contributed by atoms with E-state index >= 15 is 0 Å². The monoisotopic (exact) mass is 563 g/mol. The molecule has 2 aromatic carbocycles. The fourth-order valence-electron chi connectivity index (χ4n) is 5.21.